The minimum absolute atomic E-state index is 0.0427. The molecule has 0 radical (unpaired) electrons. The zero-order valence-electron chi connectivity index (χ0n) is 12.5. The van der Waals surface area contributed by atoms with Gasteiger partial charge in [-0.05, 0) is 42.2 Å². The van der Waals surface area contributed by atoms with E-state index >= 15 is 0 Å². The molecule has 0 saturated carbocycles. The van der Waals surface area contributed by atoms with Crippen molar-refractivity contribution in [2.45, 2.75) is 44.3 Å². The predicted molar refractivity (Wildman–Crippen MR) is 82.6 cm³/mol. The average molecular weight is 309 g/mol. The van der Waals surface area contributed by atoms with E-state index in [9.17, 15) is 4.79 Å². The quantitative estimate of drug-likeness (QED) is 0.858. The van der Waals surface area contributed by atoms with Crippen molar-refractivity contribution in [1.29, 1.82) is 0 Å². The van der Waals surface area contributed by atoms with E-state index in [0.29, 0.717) is 13.0 Å². The Morgan fingerprint density at radius 1 is 1.52 bits per heavy atom. The number of nitrogens with zero attached hydrogens (tertiary/aromatic N) is 1. The number of rotatable bonds is 4. The number of carbonyl (C=O) groups excluding carboxylic acids is 1. The molecule has 0 bridgehead atoms. The van der Waals surface area contributed by atoms with Gasteiger partial charge in [-0.3, -0.25) is 4.79 Å². The second-order valence-electron chi connectivity index (χ2n) is 5.96. The van der Waals surface area contributed by atoms with Gasteiger partial charge in [-0.15, -0.1) is 0 Å². The third-order valence-corrected chi connectivity index (χ3v) is 5.27. The van der Waals surface area contributed by atoms with Crippen molar-refractivity contribution in [2.75, 3.05) is 26.3 Å². The topological polar surface area (TPSA) is 38.8 Å². The monoisotopic (exact) mass is 309 g/mol. The fourth-order valence-corrected chi connectivity index (χ4v) is 4.01. The van der Waals surface area contributed by atoms with Gasteiger partial charge in [-0.1, -0.05) is 0 Å². The molecule has 21 heavy (non-hydrogen) atoms. The summed E-state index contributed by atoms with van der Waals surface area (Å²) in [6.45, 7) is 5.09. The summed E-state index contributed by atoms with van der Waals surface area (Å²) < 4.78 is 11.7. The number of amides is 1. The summed E-state index contributed by atoms with van der Waals surface area (Å²) in [5.74, 6) is 0.239. The Hall–Kier alpha value is -0.910. The first-order valence-electron chi connectivity index (χ1n) is 7.75. The average Bonchev–Trinajstić information content (AvgIpc) is 3.11. The van der Waals surface area contributed by atoms with Gasteiger partial charge < -0.3 is 14.4 Å². The first-order chi connectivity index (χ1) is 10.2. The van der Waals surface area contributed by atoms with E-state index in [0.717, 1.165) is 44.5 Å². The number of piperidine rings is 1. The van der Waals surface area contributed by atoms with Gasteiger partial charge in [0.05, 0.1) is 24.7 Å². The van der Waals surface area contributed by atoms with Crippen LogP contribution in [0.2, 0.25) is 0 Å². The molecule has 116 valence electrons. The van der Waals surface area contributed by atoms with Gasteiger partial charge in [0.1, 0.15) is 0 Å². The molecule has 1 spiro atoms. The van der Waals surface area contributed by atoms with Gasteiger partial charge in [0.15, 0.2) is 0 Å². The summed E-state index contributed by atoms with van der Waals surface area (Å²) in [5.41, 5.74) is 1.08. The van der Waals surface area contributed by atoms with Crippen molar-refractivity contribution in [2.24, 2.45) is 0 Å². The van der Waals surface area contributed by atoms with Crippen LogP contribution in [0.15, 0.2) is 16.8 Å². The molecule has 1 atom stereocenters. The first kappa shape index (κ1) is 15.0. The van der Waals surface area contributed by atoms with Crippen LogP contribution in [0.1, 0.15) is 31.7 Å². The standard InChI is InChI=1S/C16H23NO3S/c1-2-19-14-10-16(20-11-14)4-6-17(7-5-16)15(18)9-13-3-8-21-12-13/h3,8,12,14H,2,4-7,9-11H2,1H3/t14-/m0/s1. The van der Waals surface area contributed by atoms with Crippen LogP contribution < -0.4 is 0 Å². The summed E-state index contributed by atoms with van der Waals surface area (Å²) in [6.07, 6.45) is 3.62. The van der Waals surface area contributed by atoms with Crippen LogP contribution in [0.25, 0.3) is 0 Å². The summed E-state index contributed by atoms with van der Waals surface area (Å²) in [5, 5.41) is 4.07. The SMILES string of the molecule is CCO[C@@H]1COC2(CCN(C(=O)Cc3ccsc3)CC2)C1. The molecule has 0 aliphatic carbocycles. The van der Waals surface area contributed by atoms with Crippen molar-refractivity contribution < 1.29 is 14.3 Å². The highest BCUT2D eigenvalue weighted by Gasteiger charge is 2.43. The normalized spacial score (nSPS) is 24.6. The highest BCUT2D eigenvalue weighted by Crippen LogP contribution is 2.37. The summed E-state index contributed by atoms with van der Waals surface area (Å²) in [4.78, 5) is 14.3. The Bertz CT molecular complexity index is 466. The molecule has 1 aromatic rings. The van der Waals surface area contributed by atoms with Gasteiger partial charge >= 0.3 is 0 Å². The highest BCUT2D eigenvalue weighted by molar-refractivity contribution is 7.07. The molecule has 1 aromatic heterocycles. The molecule has 0 unspecified atom stereocenters. The van der Waals surface area contributed by atoms with E-state index in [4.69, 9.17) is 9.47 Å². The van der Waals surface area contributed by atoms with Gasteiger partial charge in [0, 0.05) is 26.1 Å². The summed E-state index contributed by atoms with van der Waals surface area (Å²) >= 11 is 1.64. The molecule has 5 heteroatoms. The second-order valence-corrected chi connectivity index (χ2v) is 6.74. The molecule has 3 heterocycles. The molecule has 3 rings (SSSR count). The van der Waals surface area contributed by atoms with Crippen molar-refractivity contribution in [3.63, 3.8) is 0 Å². The van der Waals surface area contributed by atoms with Crippen molar-refractivity contribution >= 4 is 17.2 Å². The highest BCUT2D eigenvalue weighted by atomic mass is 32.1. The fourth-order valence-electron chi connectivity index (χ4n) is 3.34. The van der Waals surface area contributed by atoms with E-state index in [1.807, 2.05) is 23.3 Å². The number of ether oxygens (including phenoxy) is 2. The van der Waals surface area contributed by atoms with E-state index in [2.05, 4.69) is 5.38 Å². The Morgan fingerprint density at radius 3 is 3.00 bits per heavy atom. The van der Waals surface area contributed by atoms with Gasteiger partial charge in [0.25, 0.3) is 0 Å². The minimum atomic E-state index is -0.0427. The maximum Gasteiger partial charge on any atom is 0.227 e. The Morgan fingerprint density at radius 2 is 2.33 bits per heavy atom. The van der Waals surface area contributed by atoms with Crippen LogP contribution in [0.3, 0.4) is 0 Å². The number of hydrogen-bond acceptors (Lipinski definition) is 4. The number of thiophene rings is 1. The maximum atomic E-state index is 12.3. The zero-order chi connectivity index (χ0) is 14.7. The minimum Gasteiger partial charge on any atom is -0.376 e. The predicted octanol–water partition coefficient (Wildman–Crippen LogP) is 2.48. The van der Waals surface area contributed by atoms with E-state index in [1.165, 1.54) is 0 Å². The lowest BCUT2D eigenvalue weighted by Crippen LogP contribution is -2.47. The molecule has 2 aliphatic heterocycles. The Balaban J connectivity index is 1.50. The molecule has 2 saturated heterocycles. The zero-order valence-corrected chi connectivity index (χ0v) is 13.4. The van der Waals surface area contributed by atoms with E-state index < -0.39 is 0 Å². The molecule has 2 fully saturated rings. The van der Waals surface area contributed by atoms with Gasteiger partial charge in [0.2, 0.25) is 5.91 Å². The molecule has 0 aromatic carbocycles. The van der Waals surface area contributed by atoms with Crippen LogP contribution >= 0.6 is 11.3 Å². The number of hydrogen-bond donors (Lipinski definition) is 0. The Kier molecular flexibility index (Phi) is 4.62. The third-order valence-electron chi connectivity index (χ3n) is 4.54. The maximum absolute atomic E-state index is 12.3. The van der Waals surface area contributed by atoms with Crippen LogP contribution in [0, 0.1) is 0 Å². The number of likely N-dealkylation sites (tertiary alicyclic amines) is 1. The van der Waals surface area contributed by atoms with Crippen LogP contribution in [0.4, 0.5) is 0 Å². The lowest BCUT2D eigenvalue weighted by Gasteiger charge is -2.38. The molecule has 4 nitrogen and oxygen atoms in total. The number of carbonyl (C=O) groups is 1. The van der Waals surface area contributed by atoms with Crippen molar-refractivity contribution in [3.8, 4) is 0 Å². The molecular formula is C16H23NO3S. The lowest BCUT2D eigenvalue weighted by molar-refractivity contribution is -0.135. The van der Waals surface area contributed by atoms with E-state index in [-0.39, 0.29) is 17.6 Å². The van der Waals surface area contributed by atoms with Crippen LogP contribution in [-0.4, -0.2) is 48.8 Å². The van der Waals surface area contributed by atoms with Gasteiger partial charge in [-0.2, -0.15) is 11.3 Å². The summed E-state index contributed by atoms with van der Waals surface area (Å²) in [6, 6.07) is 2.03. The smallest absolute Gasteiger partial charge is 0.227 e. The molecule has 0 N–H and O–H groups in total. The molecule has 2 aliphatic rings. The Labute approximate surface area is 130 Å². The molecular weight excluding hydrogens is 286 g/mol. The third kappa shape index (κ3) is 3.47. The summed E-state index contributed by atoms with van der Waals surface area (Å²) in [7, 11) is 0. The van der Waals surface area contributed by atoms with Gasteiger partial charge in [-0.25, -0.2) is 0 Å². The second kappa shape index (κ2) is 6.46. The van der Waals surface area contributed by atoms with Crippen LogP contribution in [0.5, 0.6) is 0 Å². The van der Waals surface area contributed by atoms with E-state index in [1.54, 1.807) is 11.3 Å². The van der Waals surface area contributed by atoms with Crippen molar-refractivity contribution in [3.05, 3.63) is 22.4 Å². The first-order valence-corrected chi connectivity index (χ1v) is 8.69. The molecule has 1 amide bonds. The fraction of sp³-hybridized carbons (Fsp3) is 0.688. The lowest BCUT2D eigenvalue weighted by atomic mass is 9.88. The van der Waals surface area contributed by atoms with Crippen molar-refractivity contribution in [1.82, 2.24) is 4.90 Å². The largest absolute Gasteiger partial charge is 0.376 e. The van der Waals surface area contributed by atoms with Crippen LogP contribution in [-0.2, 0) is 20.7 Å².